The summed E-state index contributed by atoms with van der Waals surface area (Å²) in [6, 6.07) is 4.84. The standard InChI is InChI=1S/C9H4N2O3/c10-4-13-9(12)6-2-1-3-7-8(6)14-5-11-7/h1-3,5H. The molecule has 1 aromatic heterocycles. The third-order valence-electron chi connectivity index (χ3n) is 1.71. The second-order valence-electron chi connectivity index (χ2n) is 2.49. The molecule has 0 radical (unpaired) electrons. The van der Waals surface area contributed by atoms with Gasteiger partial charge >= 0.3 is 5.97 Å². The number of hydrogen-bond acceptors (Lipinski definition) is 5. The quantitative estimate of drug-likeness (QED) is 0.500. The first kappa shape index (κ1) is 8.26. The molecule has 1 heterocycles. The molecule has 68 valence electrons. The van der Waals surface area contributed by atoms with Crippen LogP contribution in [0.25, 0.3) is 11.1 Å². The van der Waals surface area contributed by atoms with Gasteiger partial charge in [-0.05, 0) is 12.1 Å². The molecule has 14 heavy (non-hydrogen) atoms. The second-order valence-corrected chi connectivity index (χ2v) is 2.49. The first-order valence-electron chi connectivity index (χ1n) is 3.75. The van der Waals surface area contributed by atoms with E-state index in [1.807, 2.05) is 0 Å². The van der Waals surface area contributed by atoms with E-state index in [2.05, 4.69) is 9.72 Å². The van der Waals surface area contributed by atoms with Gasteiger partial charge < -0.3 is 9.15 Å². The SMILES string of the molecule is N#COC(=O)c1cccc2ncoc12. The van der Waals surface area contributed by atoms with Crippen molar-refractivity contribution in [2.45, 2.75) is 0 Å². The zero-order valence-electron chi connectivity index (χ0n) is 6.93. The van der Waals surface area contributed by atoms with Gasteiger partial charge in [-0.1, -0.05) is 6.07 Å². The van der Waals surface area contributed by atoms with E-state index >= 15 is 0 Å². The number of nitriles is 1. The van der Waals surface area contributed by atoms with E-state index in [1.54, 1.807) is 12.1 Å². The van der Waals surface area contributed by atoms with E-state index in [4.69, 9.17) is 9.68 Å². The number of oxazole rings is 1. The van der Waals surface area contributed by atoms with Crippen LogP contribution >= 0.6 is 0 Å². The van der Waals surface area contributed by atoms with E-state index in [1.165, 1.54) is 18.7 Å². The van der Waals surface area contributed by atoms with Crippen LogP contribution < -0.4 is 0 Å². The van der Waals surface area contributed by atoms with Crippen molar-refractivity contribution in [1.82, 2.24) is 4.98 Å². The molecule has 5 heteroatoms. The molecule has 2 rings (SSSR count). The van der Waals surface area contributed by atoms with Gasteiger partial charge in [-0.2, -0.15) is 0 Å². The molecular formula is C9H4N2O3. The molecule has 0 aliphatic carbocycles. The number of hydrogen-bond donors (Lipinski definition) is 0. The van der Waals surface area contributed by atoms with Crippen LogP contribution in [0.1, 0.15) is 10.4 Å². The van der Waals surface area contributed by atoms with Crippen LogP contribution in [0.3, 0.4) is 0 Å². The van der Waals surface area contributed by atoms with Crippen molar-refractivity contribution in [3.8, 4) is 6.26 Å². The summed E-state index contributed by atoms with van der Waals surface area (Å²) >= 11 is 0. The summed E-state index contributed by atoms with van der Waals surface area (Å²) in [6.45, 7) is 0. The van der Waals surface area contributed by atoms with Gasteiger partial charge in [-0.25, -0.2) is 9.78 Å². The van der Waals surface area contributed by atoms with E-state index in [0.717, 1.165) is 0 Å². The van der Waals surface area contributed by atoms with Crippen molar-refractivity contribution in [3.63, 3.8) is 0 Å². The molecule has 0 aliphatic heterocycles. The zero-order valence-corrected chi connectivity index (χ0v) is 6.93. The average Bonchev–Trinajstić information content (AvgIpc) is 2.65. The molecule has 2 aromatic rings. The smallest absolute Gasteiger partial charge is 0.357 e. The Labute approximate surface area is 78.5 Å². The van der Waals surface area contributed by atoms with Crippen molar-refractivity contribution in [3.05, 3.63) is 30.2 Å². The summed E-state index contributed by atoms with van der Waals surface area (Å²) in [6.07, 6.45) is 2.54. The summed E-state index contributed by atoms with van der Waals surface area (Å²) < 4.78 is 9.18. The maximum Gasteiger partial charge on any atom is 0.357 e. The number of aromatic nitrogens is 1. The van der Waals surface area contributed by atoms with Crippen molar-refractivity contribution in [2.75, 3.05) is 0 Å². The Morgan fingerprint density at radius 3 is 3.21 bits per heavy atom. The van der Waals surface area contributed by atoms with Crippen molar-refractivity contribution >= 4 is 17.1 Å². The molecule has 0 aliphatic rings. The number of fused-ring (bicyclic) bond motifs is 1. The van der Waals surface area contributed by atoms with Crippen molar-refractivity contribution < 1.29 is 13.9 Å². The number of esters is 1. The number of rotatable bonds is 1. The Bertz CT molecular complexity index is 524. The topological polar surface area (TPSA) is 76.1 Å². The van der Waals surface area contributed by atoms with Crippen LogP contribution in [-0.2, 0) is 4.74 Å². The highest BCUT2D eigenvalue weighted by Gasteiger charge is 2.14. The minimum atomic E-state index is -0.741. The highest BCUT2D eigenvalue weighted by atomic mass is 16.5. The van der Waals surface area contributed by atoms with Crippen molar-refractivity contribution in [2.24, 2.45) is 0 Å². The van der Waals surface area contributed by atoms with Crippen molar-refractivity contribution in [1.29, 1.82) is 5.26 Å². The van der Waals surface area contributed by atoms with Gasteiger partial charge in [0.15, 0.2) is 12.0 Å². The molecule has 0 spiro atoms. The largest absolute Gasteiger partial charge is 0.443 e. The highest BCUT2D eigenvalue weighted by molar-refractivity contribution is 6.01. The molecule has 5 nitrogen and oxygen atoms in total. The Kier molecular flexibility index (Phi) is 1.88. The normalized spacial score (nSPS) is 9.64. The van der Waals surface area contributed by atoms with Crippen LogP contribution in [0, 0.1) is 11.5 Å². The molecule has 1 aromatic carbocycles. The second kappa shape index (κ2) is 3.18. The van der Waals surface area contributed by atoms with E-state index in [9.17, 15) is 4.79 Å². The Hall–Kier alpha value is -2.35. The number of para-hydroxylation sites is 1. The van der Waals surface area contributed by atoms with Crippen LogP contribution in [-0.4, -0.2) is 11.0 Å². The lowest BCUT2D eigenvalue weighted by Gasteiger charge is -1.95. The maximum atomic E-state index is 11.2. The van der Waals surface area contributed by atoms with Crippen LogP contribution in [0.2, 0.25) is 0 Å². The number of carbonyl (C=O) groups is 1. The van der Waals surface area contributed by atoms with Crippen LogP contribution in [0.4, 0.5) is 0 Å². The Morgan fingerprint density at radius 2 is 2.43 bits per heavy atom. The molecule has 0 amide bonds. The fraction of sp³-hybridized carbons (Fsp3) is 0. The minimum Gasteiger partial charge on any atom is -0.443 e. The number of ether oxygens (including phenoxy) is 1. The molecule has 0 atom stereocenters. The van der Waals surface area contributed by atoms with Gasteiger partial charge in [-0.15, -0.1) is 5.26 Å². The van der Waals surface area contributed by atoms with E-state index in [0.29, 0.717) is 11.1 Å². The third-order valence-corrected chi connectivity index (χ3v) is 1.71. The highest BCUT2D eigenvalue weighted by Crippen LogP contribution is 2.17. The maximum absolute atomic E-state index is 11.2. The van der Waals surface area contributed by atoms with Crippen LogP contribution in [0.15, 0.2) is 29.0 Å². The van der Waals surface area contributed by atoms with Gasteiger partial charge in [0.1, 0.15) is 11.1 Å². The lowest BCUT2D eigenvalue weighted by Crippen LogP contribution is -2.00. The molecular weight excluding hydrogens is 184 g/mol. The van der Waals surface area contributed by atoms with Gasteiger partial charge in [-0.3, -0.25) is 0 Å². The Morgan fingerprint density at radius 1 is 1.57 bits per heavy atom. The summed E-state index contributed by atoms with van der Waals surface area (Å²) in [5.74, 6) is -0.741. The number of nitrogens with zero attached hydrogens (tertiary/aromatic N) is 2. The molecule has 0 bridgehead atoms. The summed E-state index contributed by atoms with van der Waals surface area (Å²) in [5, 5.41) is 8.18. The summed E-state index contributed by atoms with van der Waals surface area (Å²) in [7, 11) is 0. The lowest BCUT2D eigenvalue weighted by atomic mass is 10.2. The number of benzene rings is 1. The lowest BCUT2D eigenvalue weighted by molar-refractivity contribution is 0.0686. The minimum absolute atomic E-state index is 0.196. The van der Waals surface area contributed by atoms with E-state index in [-0.39, 0.29) is 5.56 Å². The summed E-state index contributed by atoms with van der Waals surface area (Å²) in [5.41, 5.74) is 1.08. The van der Waals surface area contributed by atoms with Gasteiger partial charge in [0.2, 0.25) is 0 Å². The summed E-state index contributed by atoms with van der Waals surface area (Å²) in [4.78, 5) is 15.1. The predicted molar refractivity (Wildman–Crippen MR) is 45.0 cm³/mol. The average molecular weight is 188 g/mol. The molecule has 0 N–H and O–H groups in total. The van der Waals surface area contributed by atoms with Gasteiger partial charge in [0.05, 0.1) is 0 Å². The molecule has 0 saturated heterocycles. The monoisotopic (exact) mass is 188 g/mol. The first-order chi connectivity index (χ1) is 6.83. The molecule has 0 fully saturated rings. The van der Waals surface area contributed by atoms with Gasteiger partial charge in [0, 0.05) is 0 Å². The molecule has 0 saturated carbocycles. The fourth-order valence-electron chi connectivity index (χ4n) is 1.14. The zero-order chi connectivity index (χ0) is 9.97. The fourth-order valence-corrected chi connectivity index (χ4v) is 1.14. The first-order valence-corrected chi connectivity index (χ1v) is 3.75. The molecule has 0 unspecified atom stereocenters. The Balaban J connectivity index is 2.57. The van der Waals surface area contributed by atoms with Gasteiger partial charge in [0.25, 0.3) is 6.26 Å². The number of carbonyl (C=O) groups excluding carboxylic acids is 1. The third kappa shape index (κ3) is 1.19. The van der Waals surface area contributed by atoms with Crippen LogP contribution in [0.5, 0.6) is 0 Å². The predicted octanol–water partition coefficient (Wildman–Crippen LogP) is 1.47. The van der Waals surface area contributed by atoms with E-state index < -0.39 is 5.97 Å².